The molecule has 0 radical (unpaired) electrons. The van der Waals surface area contributed by atoms with E-state index in [9.17, 15) is 0 Å². The maximum Gasteiger partial charge on any atom is 0.0944 e. The molecule has 4 heteroatoms. The van der Waals surface area contributed by atoms with E-state index >= 15 is 0 Å². The Hall–Kier alpha value is -0.450. The smallest absolute Gasteiger partial charge is 0.0944 e. The lowest BCUT2D eigenvalue weighted by Crippen LogP contribution is -2.28. The Labute approximate surface area is 109 Å². The molecule has 0 unspecified atom stereocenters. The van der Waals surface area contributed by atoms with E-state index in [4.69, 9.17) is 10.7 Å². The van der Waals surface area contributed by atoms with Gasteiger partial charge in [0.1, 0.15) is 0 Å². The van der Waals surface area contributed by atoms with Crippen molar-refractivity contribution < 1.29 is 0 Å². The fourth-order valence-corrected chi connectivity index (χ4v) is 2.88. The van der Waals surface area contributed by atoms with Crippen LogP contribution in [0.5, 0.6) is 0 Å². The van der Waals surface area contributed by atoms with Crippen LogP contribution in [-0.2, 0) is 12.0 Å². The molecule has 0 saturated heterocycles. The molecule has 17 heavy (non-hydrogen) atoms. The van der Waals surface area contributed by atoms with E-state index in [2.05, 4.69) is 46.7 Å². The Kier molecular flexibility index (Phi) is 4.69. The molecule has 0 amide bonds. The van der Waals surface area contributed by atoms with Gasteiger partial charge in [-0.1, -0.05) is 13.8 Å². The second-order valence-corrected chi connectivity index (χ2v) is 6.84. The highest BCUT2D eigenvalue weighted by Crippen LogP contribution is 2.32. The van der Waals surface area contributed by atoms with Crippen molar-refractivity contribution in [3.8, 4) is 0 Å². The van der Waals surface area contributed by atoms with Gasteiger partial charge in [0.2, 0.25) is 0 Å². The van der Waals surface area contributed by atoms with E-state index in [0.29, 0.717) is 5.92 Å². The molecule has 0 aliphatic rings. The van der Waals surface area contributed by atoms with E-state index in [-0.39, 0.29) is 5.54 Å². The molecular weight excluding hydrogens is 230 g/mol. The summed E-state index contributed by atoms with van der Waals surface area (Å²) in [6.45, 7) is 9.51. The van der Waals surface area contributed by atoms with Gasteiger partial charge in [-0.15, -0.1) is 11.3 Å². The number of likely N-dealkylation sites (N-methyl/N-ethyl adjacent to an activating group) is 1. The Morgan fingerprint density at radius 3 is 2.29 bits per heavy atom. The number of hydrogen-bond acceptors (Lipinski definition) is 4. The lowest BCUT2D eigenvalue weighted by molar-refractivity contribution is 0.413. The molecule has 0 aromatic carbocycles. The third-order valence-electron chi connectivity index (χ3n) is 2.60. The number of rotatable bonds is 5. The number of thiazole rings is 1. The largest absolute Gasteiger partial charge is 0.321 e. The molecule has 0 fully saturated rings. The minimum Gasteiger partial charge on any atom is -0.321 e. The number of aromatic nitrogens is 1. The first-order valence-corrected chi connectivity index (χ1v) is 6.97. The zero-order valence-corrected chi connectivity index (χ0v) is 12.7. The first-order chi connectivity index (χ1) is 7.71. The summed E-state index contributed by atoms with van der Waals surface area (Å²) < 4.78 is 0. The monoisotopic (exact) mass is 255 g/mol. The predicted octanol–water partition coefficient (Wildman–Crippen LogP) is 2.56. The van der Waals surface area contributed by atoms with Gasteiger partial charge in [0.15, 0.2) is 0 Å². The molecular formula is C13H25N3S. The first-order valence-electron chi connectivity index (χ1n) is 6.15. The van der Waals surface area contributed by atoms with E-state index in [0.717, 1.165) is 13.0 Å². The van der Waals surface area contributed by atoms with Gasteiger partial charge in [-0.3, -0.25) is 0 Å². The van der Waals surface area contributed by atoms with Crippen molar-refractivity contribution >= 4 is 11.3 Å². The van der Waals surface area contributed by atoms with Crippen LogP contribution in [0.25, 0.3) is 0 Å². The van der Waals surface area contributed by atoms with Crippen molar-refractivity contribution in [2.24, 2.45) is 5.73 Å². The van der Waals surface area contributed by atoms with Crippen molar-refractivity contribution in [1.82, 2.24) is 9.88 Å². The number of hydrogen-bond donors (Lipinski definition) is 1. The van der Waals surface area contributed by atoms with Crippen LogP contribution >= 0.6 is 11.3 Å². The summed E-state index contributed by atoms with van der Waals surface area (Å²) in [4.78, 5) is 8.18. The summed E-state index contributed by atoms with van der Waals surface area (Å²) in [7, 11) is 4.18. The van der Waals surface area contributed by atoms with E-state index < -0.39 is 0 Å². The molecule has 3 nitrogen and oxygen atoms in total. The van der Waals surface area contributed by atoms with Crippen molar-refractivity contribution in [3.05, 3.63) is 15.6 Å². The maximum absolute atomic E-state index is 6.22. The van der Waals surface area contributed by atoms with Crippen molar-refractivity contribution in [2.45, 2.75) is 45.6 Å². The maximum atomic E-state index is 6.22. The second-order valence-electron chi connectivity index (χ2n) is 5.75. The lowest BCUT2D eigenvalue weighted by Gasteiger charge is -2.19. The molecule has 1 rings (SSSR count). The fraction of sp³-hybridized carbons (Fsp3) is 0.769. The summed E-state index contributed by atoms with van der Waals surface area (Å²) in [6.07, 6.45) is 1.01. The third-order valence-corrected chi connectivity index (χ3v) is 4.07. The van der Waals surface area contributed by atoms with Crippen LogP contribution < -0.4 is 5.73 Å². The molecule has 0 atom stereocenters. The molecule has 1 aromatic heterocycles. The summed E-state index contributed by atoms with van der Waals surface area (Å²) in [5, 5.41) is 1.20. The second kappa shape index (κ2) is 5.46. The minimum absolute atomic E-state index is 0.284. The van der Waals surface area contributed by atoms with Gasteiger partial charge in [0, 0.05) is 23.4 Å². The van der Waals surface area contributed by atoms with Gasteiger partial charge in [-0.2, -0.15) is 0 Å². The number of nitrogens with two attached hydrogens (primary N) is 1. The SMILES string of the molecule is CC(C)c1nc(CCN(C)C)sc1C(C)(C)N. The van der Waals surface area contributed by atoms with Crippen LogP contribution in [0.15, 0.2) is 0 Å². The zero-order chi connectivity index (χ0) is 13.2. The Balaban J connectivity index is 2.96. The van der Waals surface area contributed by atoms with Crippen molar-refractivity contribution in [1.29, 1.82) is 0 Å². The van der Waals surface area contributed by atoms with Crippen LogP contribution in [0.1, 0.15) is 49.2 Å². The topological polar surface area (TPSA) is 42.2 Å². The van der Waals surface area contributed by atoms with Gasteiger partial charge < -0.3 is 10.6 Å². The fourth-order valence-electron chi connectivity index (χ4n) is 1.66. The molecule has 2 N–H and O–H groups in total. The molecule has 98 valence electrons. The zero-order valence-electron chi connectivity index (χ0n) is 11.9. The highest BCUT2D eigenvalue weighted by Gasteiger charge is 2.24. The Morgan fingerprint density at radius 2 is 1.94 bits per heavy atom. The summed E-state index contributed by atoms with van der Waals surface area (Å²) >= 11 is 1.77. The van der Waals surface area contributed by atoms with Gasteiger partial charge >= 0.3 is 0 Å². The highest BCUT2D eigenvalue weighted by atomic mass is 32.1. The van der Waals surface area contributed by atoms with Gasteiger partial charge in [-0.05, 0) is 33.9 Å². The summed E-state index contributed by atoms with van der Waals surface area (Å²) in [6, 6.07) is 0. The molecule has 0 aliphatic carbocycles. The minimum atomic E-state index is -0.284. The van der Waals surface area contributed by atoms with Gasteiger partial charge in [-0.25, -0.2) is 4.98 Å². The van der Waals surface area contributed by atoms with Gasteiger partial charge in [0.25, 0.3) is 0 Å². The van der Waals surface area contributed by atoms with Crippen LogP contribution in [0.3, 0.4) is 0 Å². The van der Waals surface area contributed by atoms with E-state index in [1.165, 1.54) is 15.6 Å². The summed E-state index contributed by atoms with van der Waals surface area (Å²) in [5.41, 5.74) is 7.12. The van der Waals surface area contributed by atoms with Crippen LogP contribution in [0, 0.1) is 0 Å². The Morgan fingerprint density at radius 1 is 1.35 bits per heavy atom. The molecule has 0 aliphatic heterocycles. The van der Waals surface area contributed by atoms with Crippen LogP contribution in [-0.4, -0.2) is 30.5 Å². The first kappa shape index (κ1) is 14.6. The standard InChI is InChI=1S/C13H25N3S/c1-9(2)11-12(13(3,4)14)17-10(15-11)7-8-16(5)6/h9H,7-8,14H2,1-6H3. The van der Waals surface area contributed by atoms with Gasteiger partial charge in [0.05, 0.1) is 10.7 Å². The average molecular weight is 255 g/mol. The van der Waals surface area contributed by atoms with Crippen molar-refractivity contribution in [3.63, 3.8) is 0 Å². The van der Waals surface area contributed by atoms with Crippen LogP contribution in [0.4, 0.5) is 0 Å². The quantitative estimate of drug-likeness (QED) is 0.879. The van der Waals surface area contributed by atoms with Crippen molar-refractivity contribution in [2.75, 3.05) is 20.6 Å². The molecule has 1 aromatic rings. The molecule has 1 heterocycles. The predicted molar refractivity (Wildman–Crippen MR) is 75.7 cm³/mol. The molecule has 0 bridgehead atoms. The normalized spacial score (nSPS) is 12.8. The average Bonchev–Trinajstić information content (AvgIpc) is 2.57. The third kappa shape index (κ3) is 4.05. The Bertz CT molecular complexity index is 361. The van der Waals surface area contributed by atoms with E-state index in [1.807, 2.05) is 0 Å². The number of nitrogens with zero attached hydrogens (tertiary/aromatic N) is 2. The van der Waals surface area contributed by atoms with Crippen LogP contribution in [0.2, 0.25) is 0 Å². The summed E-state index contributed by atoms with van der Waals surface area (Å²) in [5.74, 6) is 0.442. The molecule has 0 spiro atoms. The lowest BCUT2D eigenvalue weighted by atomic mass is 9.98. The highest BCUT2D eigenvalue weighted by molar-refractivity contribution is 7.11. The van der Waals surface area contributed by atoms with E-state index in [1.54, 1.807) is 11.3 Å². The molecule has 0 saturated carbocycles.